The van der Waals surface area contributed by atoms with E-state index in [-0.39, 0.29) is 11.3 Å². The van der Waals surface area contributed by atoms with E-state index in [0.717, 1.165) is 41.5 Å². The zero-order valence-electron chi connectivity index (χ0n) is 69.0. The number of benzene rings is 1. The van der Waals surface area contributed by atoms with Gasteiger partial charge in [-0.1, -0.05) is 12.1 Å². The lowest BCUT2D eigenvalue weighted by atomic mass is 9.94. The highest BCUT2D eigenvalue weighted by molar-refractivity contribution is 5.98. The predicted molar refractivity (Wildman–Crippen MR) is 405 cm³/mol. The van der Waals surface area contributed by atoms with E-state index >= 15 is 0 Å². The van der Waals surface area contributed by atoms with Crippen molar-refractivity contribution in [1.29, 1.82) is 0 Å². The molecule has 8 fully saturated rings. The third-order valence-corrected chi connectivity index (χ3v) is 22.3. The van der Waals surface area contributed by atoms with Crippen LogP contribution in [0.2, 0.25) is 0 Å². The van der Waals surface area contributed by atoms with Crippen molar-refractivity contribution in [2.75, 3.05) is 71.3 Å². The molecule has 0 aliphatic carbocycles. The summed E-state index contributed by atoms with van der Waals surface area (Å²) >= 11 is 0. The largest absolute Gasteiger partial charge is 0.394 e. The number of ether oxygens (including phenoxy) is 16. The topological polar surface area (TPSA) is 843 Å². The number of rotatable bonds is 38. The van der Waals surface area contributed by atoms with Gasteiger partial charge in [0.1, 0.15) is 213 Å². The average Bonchev–Trinajstić information content (AvgIpc) is 0.761. The second-order valence-corrected chi connectivity index (χ2v) is 31.5. The van der Waals surface area contributed by atoms with Crippen molar-refractivity contribution >= 4 is 47.0 Å². The normalized spacial score (nSPS) is 41.7. The van der Waals surface area contributed by atoms with Gasteiger partial charge in [-0.25, -0.2) is 0 Å². The van der Waals surface area contributed by atoms with Crippen LogP contribution < -0.4 is 43.0 Å². The van der Waals surface area contributed by atoms with Crippen LogP contribution in [0.1, 0.15) is 51.9 Å². The molecule has 726 valence electrons. The van der Waals surface area contributed by atoms with Gasteiger partial charge in [-0.15, -0.1) is 0 Å². The molecule has 8 aliphatic heterocycles. The van der Waals surface area contributed by atoms with Crippen molar-refractivity contribution in [2.24, 2.45) is 5.73 Å². The summed E-state index contributed by atoms with van der Waals surface area (Å²) < 4.78 is 97.7. The molecule has 127 heavy (non-hydrogen) atoms. The molecule has 44 atom stereocenters. The van der Waals surface area contributed by atoms with Crippen LogP contribution in [0.3, 0.4) is 0 Å². The smallest absolute Gasteiger partial charge is 0.250 e. The number of hydrogen-bond acceptors (Lipinski definition) is 47. The Bertz CT molecular complexity index is 3700. The maximum absolute atomic E-state index is 13.3. The van der Waals surface area contributed by atoms with Crippen LogP contribution in [0.25, 0.3) is 0 Å². The van der Waals surface area contributed by atoms with E-state index in [2.05, 4.69) is 37.2 Å². The van der Waals surface area contributed by atoms with Crippen molar-refractivity contribution in [3.63, 3.8) is 0 Å². The SMILES string of the molecule is CC(=O)NC1[C@H](OCC2O[C@H](OCC3O[C@@H](O[C@@H]4C(CO)O[C@@H](O[C@H](C(O)CO)[C@H](O)C(CNc5ccccc5C(N)=O)NC(C)=O)C(NC(C)=O)[C@H]4O)C(O)[C@@H](O[C@H]4OC(CO)[C@@H](O[C@@H]5OC(CO)[C@@H](O)[C@H](O)C5NC(C)=O)[C@H](O)C4O[C@@H]4OC(CO)[C@@H](O)[C@H](O)C4NC(C)=O)[C@@H]3O)C(O[C@@H]3OC(CO)[C@@H](O)[C@H](O)C3NC(C)=O)[C@@H](O)[C@@H]2O)OC(CO)[C@@H](O)[C@@H]1O. The van der Waals surface area contributed by atoms with Crippen LogP contribution in [0.5, 0.6) is 0 Å². The van der Waals surface area contributed by atoms with Crippen LogP contribution in [0, 0.1) is 0 Å². The van der Waals surface area contributed by atoms with Gasteiger partial charge in [0, 0.05) is 53.8 Å². The molecule has 8 saturated heterocycles. The molecular formula is C73H118N8O46. The van der Waals surface area contributed by atoms with Gasteiger partial charge in [-0.05, 0) is 12.1 Å². The molecule has 1 aromatic rings. The molecule has 0 spiro atoms. The minimum absolute atomic E-state index is 0.0541. The third kappa shape index (κ3) is 25.0. The fourth-order valence-corrected chi connectivity index (χ4v) is 15.8. The Labute approximate surface area is 721 Å². The molecule has 18 unspecified atom stereocenters. The second-order valence-electron chi connectivity index (χ2n) is 31.5. The number of nitrogens with one attached hydrogen (secondary N) is 7. The van der Waals surface area contributed by atoms with E-state index < -0.39 is 377 Å². The summed E-state index contributed by atoms with van der Waals surface area (Å²) in [5.41, 5.74) is 5.61. The van der Waals surface area contributed by atoms with E-state index in [1.54, 1.807) is 0 Å². The van der Waals surface area contributed by atoms with Gasteiger partial charge in [0.05, 0.1) is 71.1 Å². The van der Waals surface area contributed by atoms with E-state index in [0.29, 0.717) is 0 Å². The van der Waals surface area contributed by atoms with Crippen molar-refractivity contribution in [3.8, 4) is 0 Å². The highest BCUT2D eigenvalue weighted by atomic mass is 16.8. The van der Waals surface area contributed by atoms with Crippen LogP contribution in [0.15, 0.2) is 24.3 Å². The Morgan fingerprint density at radius 2 is 0.693 bits per heavy atom. The molecule has 54 heteroatoms. The zero-order valence-corrected chi connectivity index (χ0v) is 69.0. The quantitative estimate of drug-likeness (QED) is 0.0292. The summed E-state index contributed by atoms with van der Waals surface area (Å²) in [5.74, 6) is -6.29. The van der Waals surface area contributed by atoms with Crippen LogP contribution in [-0.4, -0.2) is 494 Å². The minimum atomic E-state index is -2.70. The molecule has 0 saturated carbocycles. The lowest BCUT2D eigenvalue weighted by Gasteiger charge is -2.51. The molecule has 32 N–H and O–H groups in total. The molecule has 8 aliphatic rings. The number of aliphatic hydroxyl groups is 23. The van der Waals surface area contributed by atoms with Crippen molar-refractivity contribution in [3.05, 3.63) is 29.8 Å². The molecule has 1 aromatic carbocycles. The Kier molecular flexibility index (Phi) is 38.6. The monoisotopic (exact) mass is 1840 g/mol. The van der Waals surface area contributed by atoms with Crippen molar-refractivity contribution in [2.45, 2.75) is 311 Å². The molecule has 0 radical (unpaired) electrons. The minimum Gasteiger partial charge on any atom is -0.394 e. The third-order valence-electron chi connectivity index (χ3n) is 22.3. The number of aliphatic hydroxyl groups excluding tert-OH is 23. The van der Waals surface area contributed by atoms with Crippen molar-refractivity contribution < 1.29 is 227 Å². The summed E-state index contributed by atoms with van der Waals surface area (Å²) in [6.07, 6.45) is -82.5. The Morgan fingerprint density at radius 3 is 1.12 bits per heavy atom. The lowest BCUT2D eigenvalue weighted by Crippen LogP contribution is -2.71. The highest BCUT2D eigenvalue weighted by Crippen LogP contribution is 2.40. The number of amides is 7. The van der Waals surface area contributed by atoms with Gasteiger partial charge in [0.2, 0.25) is 35.4 Å². The molecule has 0 aromatic heterocycles. The maximum Gasteiger partial charge on any atom is 0.250 e. The van der Waals surface area contributed by atoms with E-state index in [1.807, 2.05) is 0 Å². The van der Waals surface area contributed by atoms with E-state index in [1.165, 1.54) is 24.3 Å². The lowest BCUT2D eigenvalue weighted by molar-refractivity contribution is -0.402. The Hall–Kier alpha value is -6.25. The Balaban J connectivity index is 1.14. The van der Waals surface area contributed by atoms with Crippen LogP contribution in [-0.2, 0) is 105 Å². The number of para-hydroxylation sites is 1. The molecule has 7 amide bonds. The van der Waals surface area contributed by atoms with Gasteiger partial charge >= 0.3 is 0 Å². The summed E-state index contributed by atoms with van der Waals surface area (Å²) in [6, 6.07) is -5.16. The zero-order chi connectivity index (χ0) is 93.8. The summed E-state index contributed by atoms with van der Waals surface area (Å²) in [6.45, 7) is -5.05. The first kappa shape index (κ1) is 104. The van der Waals surface area contributed by atoms with E-state index in [9.17, 15) is 151 Å². The molecule has 54 nitrogen and oxygen atoms in total. The van der Waals surface area contributed by atoms with Crippen LogP contribution in [0.4, 0.5) is 5.69 Å². The summed E-state index contributed by atoms with van der Waals surface area (Å²) in [7, 11) is 0. The number of carbonyl (C=O) groups excluding carboxylic acids is 7. The molecule has 0 bridgehead atoms. The number of carbonyl (C=O) groups is 7. The van der Waals surface area contributed by atoms with Gasteiger partial charge in [-0.3, -0.25) is 33.6 Å². The van der Waals surface area contributed by atoms with Gasteiger partial charge in [0.15, 0.2) is 50.3 Å². The number of anilines is 1. The Morgan fingerprint density at radius 1 is 0.354 bits per heavy atom. The standard InChI is InChI=1S/C73H118N8O46/c1-21(89)76-29(11-75-28-10-8-7-9-27(28)65(74)111)44(96)59(30(95)12-82)122-70-43(81-26(6)94)55(107)60(35(17-87)118-70)124-71-58(110)62(125-73-64(127-69-42(80-25(5)93)54(106)48(100)34(16-86)117-69)57(109)61(36(18-88)119-73)123-67-40(78-23(3)91)52(104)46(98)32(14-84)115-67)50(102)38(120-71)20-113-72-63(126-68-41(79-24(4)92)53(105)47(99)33(15-85)116-68)56(108)49(101)37(121-72)19-112-66-39(77-22(2)90)51(103)45(97)31(13-83)114-66/h7-10,29-64,66-73,75,82-88,95-110H,11-20H2,1-6H3,(H2,74,111)(H,76,89)(H,77,90)(H,78,91)(H,79,92)(H,80,93)(H,81,94)/t29?,30?,31?,32?,33?,34?,35?,36?,37?,38?,39?,40?,41?,42?,43?,44-,45-,46-,47-,48-,49-,50-,51-,52-,53-,54-,55-,56+,57+,58?,59-,60-,61-,62+,63?,64?,66-,67+,68+,69+,70+,71+,72+,73-/m1/s1. The fourth-order valence-electron chi connectivity index (χ4n) is 15.8. The maximum atomic E-state index is 13.3. The van der Waals surface area contributed by atoms with Gasteiger partial charge in [0.25, 0.3) is 5.91 Å². The average molecular weight is 1840 g/mol. The highest BCUT2D eigenvalue weighted by Gasteiger charge is 2.61. The van der Waals surface area contributed by atoms with Gasteiger partial charge in [-0.2, -0.15) is 0 Å². The first-order valence-corrected chi connectivity index (χ1v) is 40.4. The first-order valence-electron chi connectivity index (χ1n) is 40.4. The fraction of sp³-hybridized carbons (Fsp3) is 0.822. The molecular weight excluding hydrogens is 1720 g/mol. The number of hydrogen-bond donors (Lipinski definition) is 31. The summed E-state index contributed by atoms with van der Waals surface area (Å²) in [5, 5.41) is 280. The molecule has 9 rings (SSSR count). The predicted octanol–water partition coefficient (Wildman–Crippen LogP) is -18.9. The van der Waals surface area contributed by atoms with Gasteiger partial charge < -0.3 is 236 Å². The first-order chi connectivity index (χ1) is 60.1. The number of primary amides is 1. The number of nitrogens with two attached hydrogens (primary N) is 1. The molecule has 8 heterocycles. The van der Waals surface area contributed by atoms with Crippen LogP contribution >= 0.6 is 0 Å². The van der Waals surface area contributed by atoms with E-state index in [4.69, 9.17) is 81.5 Å². The second kappa shape index (κ2) is 46.9. The summed E-state index contributed by atoms with van der Waals surface area (Å²) in [4.78, 5) is 89.2. The van der Waals surface area contributed by atoms with Crippen molar-refractivity contribution in [1.82, 2.24) is 31.9 Å².